The molecule has 1 aromatic carbocycles. The number of carbonyl (C=O) groups is 2. The molecule has 2 amide bonds. The Morgan fingerprint density at radius 2 is 1.84 bits per heavy atom. The first kappa shape index (κ1) is 15.2. The Hall–Kier alpha value is -1.88. The van der Waals surface area contributed by atoms with Crippen LogP contribution in [0.25, 0.3) is 0 Å². The van der Waals surface area contributed by atoms with Crippen LogP contribution in [0.5, 0.6) is 0 Å². The molecular weight excluding hydrogens is 244 g/mol. The maximum absolute atomic E-state index is 11.8. The first-order valence-corrected chi connectivity index (χ1v) is 6.23. The Bertz CT molecular complexity index is 432. The largest absolute Gasteiger partial charge is 0.388 e. The minimum absolute atomic E-state index is 0.0877. The monoisotopic (exact) mass is 264 g/mol. The number of benzene rings is 1. The minimum Gasteiger partial charge on any atom is -0.388 e. The molecule has 0 heterocycles. The quantitative estimate of drug-likeness (QED) is 0.707. The lowest BCUT2D eigenvalue weighted by Gasteiger charge is -2.20. The highest BCUT2D eigenvalue weighted by Gasteiger charge is 2.23. The van der Waals surface area contributed by atoms with Crippen molar-refractivity contribution in [3.8, 4) is 0 Å². The third-order valence-corrected chi connectivity index (χ3v) is 2.85. The van der Waals surface area contributed by atoms with E-state index in [2.05, 4.69) is 5.32 Å². The van der Waals surface area contributed by atoms with Gasteiger partial charge in [0.05, 0.1) is 12.5 Å². The molecule has 0 radical (unpaired) electrons. The molecule has 2 unspecified atom stereocenters. The van der Waals surface area contributed by atoms with Gasteiger partial charge in [0.15, 0.2) is 0 Å². The molecule has 4 N–H and O–H groups in total. The van der Waals surface area contributed by atoms with Crippen molar-refractivity contribution in [1.82, 2.24) is 5.32 Å². The van der Waals surface area contributed by atoms with Gasteiger partial charge < -0.3 is 16.2 Å². The van der Waals surface area contributed by atoms with Crippen molar-refractivity contribution < 1.29 is 14.7 Å². The second-order valence-corrected chi connectivity index (χ2v) is 4.82. The molecule has 0 aromatic heterocycles. The zero-order chi connectivity index (χ0) is 14.4. The summed E-state index contributed by atoms with van der Waals surface area (Å²) in [6.07, 6.45) is -0.984. The van der Waals surface area contributed by atoms with Crippen molar-refractivity contribution in [2.75, 3.05) is 0 Å². The van der Waals surface area contributed by atoms with Crippen LogP contribution in [-0.4, -0.2) is 23.0 Å². The van der Waals surface area contributed by atoms with Crippen molar-refractivity contribution in [3.05, 3.63) is 35.9 Å². The second kappa shape index (κ2) is 6.89. The molecule has 1 aromatic rings. The number of primary amides is 1. The summed E-state index contributed by atoms with van der Waals surface area (Å²) in [6.45, 7) is 3.59. The van der Waals surface area contributed by atoms with Crippen LogP contribution in [0.2, 0.25) is 0 Å². The van der Waals surface area contributed by atoms with E-state index in [9.17, 15) is 14.7 Å². The van der Waals surface area contributed by atoms with Crippen LogP contribution in [0.3, 0.4) is 0 Å². The molecule has 0 fully saturated rings. The highest BCUT2D eigenvalue weighted by Crippen LogP contribution is 2.16. The summed E-state index contributed by atoms with van der Waals surface area (Å²) < 4.78 is 0. The third-order valence-electron chi connectivity index (χ3n) is 2.85. The zero-order valence-corrected chi connectivity index (χ0v) is 11.2. The summed E-state index contributed by atoms with van der Waals surface area (Å²) >= 11 is 0. The summed E-state index contributed by atoms with van der Waals surface area (Å²) in [5.74, 6) is -1.05. The van der Waals surface area contributed by atoms with E-state index < -0.39 is 24.0 Å². The number of rotatable bonds is 6. The van der Waals surface area contributed by atoms with Crippen LogP contribution in [-0.2, 0) is 9.59 Å². The standard InChI is InChI=1S/C14H20N2O3/c1-9(2)13(14(15)19)16-12(18)8-11(17)10-6-4-3-5-7-10/h3-7,9,11,13,17H,8H2,1-2H3,(H2,15,19)(H,16,18). The van der Waals surface area contributed by atoms with Gasteiger partial charge in [0.2, 0.25) is 11.8 Å². The fourth-order valence-corrected chi connectivity index (χ4v) is 1.77. The second-order valence-electron chi connectivity index (χ2n) is 4.82. The molecule has 2 atom stereocenters. The molecule has 0 bridgehead atoms. The SMILES string of the molecule is CC(C)C(NC(=O)CC(O)c1ccccc1)C(N)=O. The average molecular weight is 264 g/mol. The molecule has 0 aliphatic carbocycles. The third kappa shape index (κ3) is 4.71. The van der Waals surface area contributed by atoms with Gasteiger partial charge in [-0.3, -0.25) is 9.59 Å². The molecule has 0 saturated carbocycles. The number of aliphatic hydroxyl groups excluding tert-OH is 1. The summed E-state index contributed by atoms with van der Waals surface area (Å²) in [5, 5.41) is 12.4. The van der Waals surface area contributed by atoms with Gasteiger partial charge in [-0.15, -0.1) is 0 Å². The molecule has 0 saturated heterocycles. The number of hydrogen-bond acceptors (Lipinski definition) is 3. The van der Waals surface area contributed by atoms with Crippen LogP contribution in [0, 0.1) is 5.92 Å². The lowest BCUT2D eigenvalue weighted by Crippen LogP contribution is -2.47. The predicted octanol–water partition coefficient (Wildman–Crippen LogP) is 0.736. The van der Waals surface area contributed by atoms with Gasteiger partial charge in [-0.2, -0.15) is 0 Å². The van der Waals surface area contributed by atoms with Gasteiger partial charge in [-0.05, 0) is 11.5 Å². The summed E-state index contributed by atoms with van der Waals surface area (Å²) in [6, 6.07) is 8.18. The van der Waals surface area contributed by atoms with Crippen LogP contribution in [0.4, 0.5) is 0 Å². The molecule has 19 heavy (non-hydrogen) atoms. The van der Waals surface area contributed by atoms with E-state index in [-0.39, 0.29) is 12.3 Å². The Balaban J connectivity index is 2.58. The maximum atomic E-state index is 11.8. The minimum atomic E-state index is -0.887. The topological polar surface area (TPSA) is 92.4 Å². The van der Waals surface area contributed by atoms with E-state index in [0.29, 0.717) is 5.56 Å². The van der Waals surface area contributed by atoms with Crippen LogP contribution in [0.1, 0.15) is 31.9 Å². The van der Waals surface area contributed by atoms with Gasteiger partial charge in [0.1, 0.15) is 6.04 Å². The van der Waals surface area contributed by atoms with Crippen LogP contribution < -0.4 is 11.1 Å². The van der Waals surface area contributed by atoms with Crippen molar-refractivity contribution in [2.24, 2.45) is 11.7 Å². The molecular formula is C14H20N2O3. The van der Waals surface area contributed by atoms with E-state index in [1.807, 2.05) is 6.07 Å². The van der Waals surface area contributed by atoms with Crippen LogP contribution in [0.15, 0.2) is 30.3 Å². The molecule has 0 aliphatic rings. The maximum Gasteiger partial charge on any atom is 0.240 e. The fraction of sp³-hybridized carbons (Fsp3) is 0.429. The van der Waals surface area contributed by atoms with Crippen molar-refractivity contribution in [2.45, 2.75) is 32.4 Å². The Kier molecular flexibility index (Phi) is 5.51. The molecule has 0 spiro atoms. The number of carbonyl (C=O) groups excluding carboxylic acids is 2. The van der Waals surface area contributed by atoms with E-state index in [0.717, 1.165) is 0 Å². The van der Waals surface area contributed by atoms with E-state index >= 15 is 0 Å². The number of nitrogens with one attached hydrogen (secondary N) is 1. The first-order chi connectivity index (χ1) is 8.91. The molecule has 1 rings (SSSR count). The number of aliphatic hydroxyl groups is 1. The Labute approximate surface area is 112 Å². The van der Waals surface area contributed by atoms with Crippen molar-refractivity contribution in [1.29, 1.82) is 0 Å². The Morgan fingerprint density at radius 3 is 2.32 bits per heavy atom. The smallest absolute Gasteiger partial charge is 0.240 e. The van der Waals surface area contributed by atoms with Gasteiger partial charge in [-0.1, -0.05) is 44.2 Å². The average Bonchev–Trinajstić information content (AvgIpc) is 2.36. The Morgan fingerprint density at radius 1 is 1.26 bits per heavy atom. The summed E-state index contributed by atoms with van der Waals surface area (Å²) in [7, 11) is 0. The highest BCUT2D eigenvalue weighted by molar-refractivity contribution is 5.86. The normalized spacial score (nSPS) is 13.9. The van der Waals surface area contributed by atoms with Crippen molar-refractivity contribution in [3.63, 3.8) is 0 Å². The van der Waals surface area contributed by atoms with E-state index in [1.165, 1.54) is 0 Å². The van der Waals surface area contributed by atoms with Crippen molar-refractivity contribution >= 4 is 11.8 Å². The van der Waals surface area contributed by atoms with Gasteiger partial charge in [0, 0.05) is 0 Å². The summed E-state index contributed by atoms with van der Waals surface area (Å²) in [4.78, 5) is 22.9. The van der Waals surface area contributed by atoms with E-state index in [1.54, 1.807) is 38.1 Å². The molecule has 5 heteroatoms. The number of amides is 2. The molecule has 5 nitrogen and oxygen atoms in total. The molecule has 0 aliphatic heterocycles. The van der Waals surface area contributed by atoms with Gasteiger partial charge in [0.25, 0.3) is 0 Å². The highest BCUT2D eigenvalue weighted by atomic mass is 16.3. The van der Waals surface area contributed by atoms with Crippen LogP contribution >= 0.6 is 0 Å². The fourth-order valence-electron chi connectivity index (χ4n) is 1.77. The lowest BCUT2D eigenvalue weighted by atomic mass is 10.0. The predicted molar refractivity (Wildman–Crippen MR) is 72.0 cm³/mol. The lowest BCUT2D eigenvalue weighted by molar-refractivity contribution is -0.129. The van der Waals surface area contributed by atoms with E-state index in [4.69, 9.17) is 5.73 Å². The van der Waals surface area contributed by atoms with Gasteiger partial charge in [-0.25, -0.2) is 0 Å². The first-order valence-electron chi connectivity index (χ1n) is 6.23. The summed E-state index contributed by atoms with van der Waals surface area (Å²) in [5.41, 5.74) is 5.88. The number of nitrogens with two attached hydrogens (primary N) is 1. The van der Waals surface area contributed by atoms with Gasteiger partial charge >= 0.3 is 0 Å². The number of hydrogen-bond donors (Lipinski definition) is 3. The molecule has 104 valence electrons. The zero-order valence-electron chi connectivity index (χ0n) is 11.2.